The van der Waals surface area contributed by atoms with Crippen LogP contribution in [0.5, 0.6) is 0 Å². The zero-order valence-electron chi connectivity index (χ0n) is 15.3. The molecule has 7 nitrogen and oxygen atoms in total. The van der Waals surface area contributed by atoms with Gasteiger partial charge in [0.15, 0.2) is 5.16 Å². The van der Waals surface area contributed by atoms with Crippen molar-refractivity contribution in [2.24, 2.45) is 0 Å². The van der Waals surface area contributed by atoms with Gasteiger partial charge < -0.3 is 14.4 Å². The summed E-state index contributed by atoms with van der Waals surface area (Å²) in [6.07, 6.45) is 0. The van der Waals surface area contributed by atoms with Crippen molar-refractivity contribution >= 4 is 44.5 Å². The monoisotopic (exact) mass is 455 g/mol. The molecule has 1 aliphatic heterocycles. The largest absolute Gasteiger partial charge is 0.383 e. The van der Waals surface area contributed by atoms with Gasteiger partial charge in [-0.3, -0.25) is 14.2 Å². The molecule has 1 aromatic carbocycles. The summed E-state index contributed by atoms with van der Waals surface area (Å²) in [5.41, 5.74) is 0.484. The fourth-order valence-corrected chi connectivity index (χ4v) is 4.27. The van der Waals surface area contributed by atoms with Crippen LogP contribution in [0.4, 0.5) is 0 Å². The van der Waals surface area contributed by atoms with Crippen molar-refractivity contribution in [2.75, 3.05) is 40.0 Å². The number of amides is 1. The average molecular weight is 456 g/mol. The Labute approximate surface area is 170 Å². The summed E-state index contributed by atoms with van der Waals surface area (Å²) in [5.74, 6) is 0.0340. The lowest BCUT2D eigenvalue weighted by Crippen LogP contribution is -2.44. The number of nitrogens with zero attached hydrogens (tertiary/aromatic N) is 3. The lowest BCUT2D eigenvalue weighted by atomic mass is 10.2. The molecule has 0 saturated carbocycles. The van der Waals surface area contributed by atoms with E-state index < -0.39 is 0 Å². The summed E-state index contributed by atoms with van der Waals surface area (Å²) in [5, 5.41) is 0.717. The number of fused-ring (bicyclic) bond motifs is 1. The topological polar surface area (TPSA) is 73.7 Å². The average Bonchev–Trinajstić information content (AvgIpc) is 2.68. The first kappa shape index (κ1) is 20.3. The number of morpholine rings is 1. The molecule has 1 unspecified atom stereocenters. The van der Waals surface area contributed by atoms with E-state index in [1.54, 1.807) is 28.7 Å². The predicted octanol–water partition coefficient (Wildman–Crippen LogP) is 2.14. The Balaban J connectivity index is 1.92. The number of halogens is 1. The zero-order valence-corrected chi connectivity index (χ0v) is 17.7. The lowest BCUT2D eigenvalue weighted by Gasteiger charge is -2.29. The standard InChI is InChI=1S/C18H22BrN3O4S/c1-12(16(23)21-5-9-26-10-6-21)27-18-20-15-4-3-13(19)11-14(15)17(24)22(18)7-8-25-2/h3-4,11-12H,5-10H2,1-2H3. The van der Waals surface area contributed by atoms with Crippen molar-refractivity contribution in [1.82, 2.24) is 14.5 Å². The second-order valence-corrected chi connectivity index (χ2v) is 8.43. The molecule has 1 atom stereocenters. The first-order valence-electron chi connectivity index (χ1n) is 8.73. The molecule has 0 N–H and O–H groups in total. The minimum atomic E-state index is -0.350. The quantitative estimate of drug-likeness (QED) is 0.490. The van der Waals surface area contributed by atoms with Gasteiger partial charge in [-0.15, -0.1) is 0 Å². The van der Waals surface area contributed by atoms with E-state index in [0.717, 1.165) is 4.47 Å². The number of methoxy groups -OCH3 is 1. The van der Waals surface area contributed by atoms with E-state index in [9.17, 15) is 9.59 Å². The third-order valence-corrected chi connectivity index (χ3v) is 5.92. The molecule has 0 spiro atoms. The molecule has 2 heterocycles. The molecule has 27 heavy (non-hydrogen) atoms. The van der Waals surface area contributed by atoms with E-state index >= 15 is 0 Å². The van der Waals surface area contributed by atoms with Crippen LogP contribution in [0, 0.1) is 0 Å². The van der Waals surface area contributed by atoms with Crippen LogP contribution in [0.25, 0.3) is 10.9 Å². The fraction of sp³-hybridized carbons (Fsp3) is 0.500. The van der Waals surface area contributed by atoms with Crippen LogP contribution in [0.3, 0.4) is 0 Å². The van der Waals surface area contributed by atoms with Crippen molar-refractivity contribution in [3.63, 3.8) is 0 Å². The zero-order chi connectivity index (χ0) is 19.4. The fourth-order valence-electron chi connectivity index (χ4n) is 2.89. The Morgan fingerprint density at radius 3 is 2.85 bits per heavy atom. The van der Waals surface area contributed by atoms with Gasteiger partial charge in [-0.25, -0.2) is 4.98 Å². The second-order valence-electron chi connectivity index (χ2n) is 6.20. The molecule has 0 bridgehead atoms. The van der Waals surface area contributed by atoms with Crippen LogP contribution in [0.2, 0.25) is 0 Å². The smallest absolute Gasteiger partial charge is 0.262 e. The minimum absolute atomic E-state index is 0.0340. The number of hydrogen-bond acceptors (Lipinski definition) is 6. The highest BCUT2D eigenvalue weighted by molar-refractivity contribution is 9.10. The number of benzene rings is 1. The minimum Gasteiger partial charge on any atom is -0.383 e. The van der Waals surface area contributed by atoms with Crippen LogP contribution < -0.4 is 5.56 Å². The Hall–Kier alpha value is -1.42. The van der Waals surface area contributed by atoms with E-state index in [-0.39, 0.29) is 16.7 Å². The summed E-state index contributed by atoms with van der Waals surface area (Å²) in [4.78, 5) is 32.2. The molecular formula is C18H22BrN3O4S. The molecule has 9 heteroatoms. The molecule has 1 aliphatic rings. The summed E-state index contributed by atoms with van der Waals surface area (Å²) in [6, 6.07) is 5.43. The molecule has 3 rings (SSSR count). The molecule has 146 valence electrons. The van der Waals surface area contributed by atoms with Gasteiger partial charge >= 0.3 is 0 Å². The van der Waals surface area contributed by atoms with Gasteiger partial charge in [0, 0.05) is 24.7 Å². The summed E-state index contributed by atoms with van der Waals surface area (Å²) in [6.45, 7) is 4.93. The number of carbonyl (C=O) groups excluding carboxylic acids is 1. The number of rotatable bonds is 6. The summed E-state index contributed by atoms with van der Waals surface area (Å²) >= 11 is 4.71. The molecule has 1 saturated heterocycles. The van der Waals surface area contributed by atoms with E-state index in [2.05, 4.69) is 20.9 Å². The number of hydrogen-bond donors (Lipinski definition) is 0. The van der Waals surface area contributed by atoms with Gasteiger partial charge in [0.25, 0.3) is 5.56 Å². The van der Waals surface area contributed by atoms with Gasteiger partial charge in [-0.05, 0) is 25.1 Å². The maximum absolute atomic E-state index is 13.0. The highest BCUT2D eigenvalue weighted by Crippen LogP contribution is 2.25. The normalized spacial score (nSPS) is 15.9. The molecule has 0 aliphatic carbocycles. The SMILES string of the molecule is COCCn1c(SC(C)C(=O)N2CCOCC2)nc2ccc(Br)cc2c1=O. The molecular weight excluding hydrogens is 434 g/mol. The number of carbonyl (C=O) groups is 1. The summed E-state index contributed by atoms with van der Waals surface area (Å²) < 4.78 is 12.9. The molecule has 1 fully saturated rings. The van der Waals surface area contributed by atoms with Crippen molar-refractivity contribution in [3.8, 4) is 0 Å². The van der Waals surface area contributed by atoms with E-state index in [1.807, 2.05) is 13.0 Å². The highest BCUT2D eigenvalue weighted by atomic mass is 79.9. The highest BCUT2D eigenvalue weighted by Gasteiger charge is 2.25. The Morgan fingerprint density at radius 1 is 1.41 bits per heavy atom. The number of aromatic nitrogens is 2. The third-order valence-electron chi connectivity index (χ3n) is 4.35. The van der Waals surface area contributed by atoms with Crippen molar-refractivity contribution in [1.29, 1.82) is 0 Å². The Kier molecular flexibility index (Phi) is 6.91. The van der Waals surface area contributed by atoms with Gasteiger partial charge in [0.1, 0.15) is 0 Å². The maximum atomic E-state index is 13.0. The second kappa shape index (κ2) is 9.18. The number of thioether (sulfide) groups is 1. The number of ether oxygens (including phenoxy) is 2. The molecule has 2 aromatic rings. The first-order chi connectivity index (χ1) is 13.0. The molecule has 1 aromatic heterocycles. The van der Waals surface area contributed by atoms with Gasteiger partial charge in [-0.1, -0.05) is 27.7 Å². The Morgan fingerprint density at radius 2 is 2.15 bits per heavy atom. The van der Waals surface area contributed by atoms with E-state index in [4.69, 9.17) is 9.47 Å². The van der Waals surface area contributed by atoms with Crippen LogP contribution in [0.1, 0.15) is 6.92 Å². The van der Waals surface area contributed by atoms with Gasteiger partial charge in [0.05, 0.1) is 42.5 Å². The van der Waals surface area contributed by atoms with Gasteiger partial charge in [-0.2, -0.15) is 0 Å². The van der Waals surface area contributed by atoms with E-state index in [1.165, 1.54) is 11.8 Å². The van der Waals surface area contributed by atoms with Crippen molar-refractivity contribution < 1.29 is 14.3 Å². The van der Waals surface area contributed by atoms with Gasteiger partial charge in [0.2, 0.25) is 5.91 Å². The third kappa shape index (κ3) is 4.71. The van der Waals surface area contributed by atoms with Crippen LogP contribution in [-0.4, -0.2) is 65.6 Å². The van der Waals surface area contributed by atoms with E-state index in [0.29, 0.717) is 55.5 Å². The van der Waals surface area contributed by atoms with Crippen molar-refractivity contribution in [2.45, 2.75) is 23.9 Å². The van der Waals surface area contributed by atoms with Crippen LogP contribution in [-0.2, 0) is 20.8 Å². The predicted molar refractivity (Wildman–Crippen MR) is 108 cm³/mol. The Bertz CT molecular complexity index is 883. The molecule has 1 amide bonds. The summed E-state index contributed by atoms with van der Waals surface area (Å²) in [7, 11) is 1.59. The molecule has 0 radical (unpaired) electrons. The van der Waals surface area contributed by atoms with Crippen molar-refractivity contribution in [3.05, 3.63) is 33.0 Å². The first-order valence-corrected chi connectivity index (χ1v) is 10.4. The lowest BCUT2D eigenvalue weighted by molar-refractivity contribution is -0.134. The maximum Gasteiger partial charge on any atom is 0.262 e. The van der Waals surface area contributed by atoms with Crippen LogP contribution >= 0.6 is 27.7 Å². The van der Waals surface area contributed by atoms with Crippen LogP contribution in [0.15, 0.2) is 32.6 Å².